The molecule has 0 aliphatic heterocycles. The van der Waals surface area contributed by atoms with E-state index in [1.54, 1.807) is 12.1 Å². The van der Waals surface area contributed by atoms with Gasteiger partial charge in [0.15, 0.2) is 0 Å². The van der Waals surface area contributed by atoms with E-state index in [1.165, 1.54) is 0 Å². The molecule has 0 amide bonds. The summed E-state index contributed by atoms with van der Waals surface area (Å²) < 4.78 is 10.6. The van der Waals surface area contributed by atoms with Crippen LogP contribution in [0.1, 0.15) is 26.3 Å². The van der Waals surface area contributed by atoms with Gasteiger partial charge in [0, 0.05) is 0 Å². The Hall–Kier alpha value is 0.690. The Balaban J connectivity index is 2.54. The fraction of sp³-hybridized carbons (Fsp3) is 0.538. The van der Waals surface area contributed by atoms with Crippen LogP contribution in [-0.4, -0.2) is 8.32 Å². The van der Waals surface area contributed by atoms with Gasteiger partial charge in [0.1, 0.15) is 0 Å². The molecule has 2 nitrogen and oxygen atoms in total. The maximum atomic E-state index is 6.20. The van der Waals surface area contributed by atoms with E-state index in [-0.39, 0.29) is 0 Å². The molecule has 0 aromatic heterocycles. The van der Waals surface area contributed by atoms with Gasteiger partial charge in [-0.05, 0) is 0 Å². The molecule has 1 aromatic carbocycles. The molecule has 0 radical (unpaired) electrons. The average molecular weight is 407 g/mol. The van der Waals surface area contributed by atoms with Gasteiger partial charge in [-0.1, -0.05) is 0 Å². The van der Waals surface area contributed by atoms with Crippen molar-refractivity contribution in [2.45, 2.75) is 42.7 Å². The molecule has 1 rings (SSSR count). The Kier molecular flexibility index (Phi) is 7.83. The predicted molar refractivity (Wildman–Crippen MR) is 84.6 cm³/mol. The molecule has 0 aliphatic carbocycles. The Morgan fingerprint density at radius 2 is 1.50 bits per heavy atom. The van der Waals surface area contributed by atoms with E-state index >= 15 is 0 Å². The van der Waals surface area contributed by atoms with Crippen LogP contribution < -0.4 is 3.56 Å². The van der Waals surface area contributed by atoms with Crippen molar-refractivity contribution in [2.75, 3.05) is 0 Å². The zero-order valence-corrected chi connectivity index (χ0v) is 18.3. The predicted octanol–water partition coefficient (Wildman–Crippen LogP) is 5.83. The van der Waals surface area contributed by atoms with Crippen molar-refractivity contribution in [2.24, 2.45) is 0 Å². The van der Waals surface area contributed by atoms with E-state index in [2.05, 4.69) is 20.8 Å². The van der Waals surface area contributed by atoms with Gasteiger partial charge < -0.3 is 0 Å². The van der Waals surface area contributed by atoms with Crippen molar-refractivity contribution in [3.8, 4) is 5.75 Å². The molecule has 0 fully saturated rings. The van der Waals surface area contributed by atoms with Gasteiger partial charge in [-0.25, -0.2) is 0 Å². The van der Waals surface area contributed by atoms with Crippen LogP contribution in [0.2, 0.25) is 18.1 Å². The molecule has 0 saturated carbocycles. The first-order valence-corrected chi connectivity index (χ1v) is 12.9. The van der Waals surface area contributed by atoms with E-state index in [4.69, 9.17) is 41.6 Å². The summed E-state index contributed by atoms with van der Waals surface area (Å²) in [6.45, 7) is 6.66. The van der Waals surface area contributed by atoms with Gasteiger partial charge in [0.2, 0.25) is 0 Å². The monoisotopic (exact) mass is 404 g/mol. The number of benzene rings is 1. The van der Waals surface area contributed by atoms with Crippen LogP contribution in [0.5, 0.6) is 5.75 Å². The van der Waals surface area contributed by atoms with Crippen LogP contribution in [0.4, 0.5) is 0 Å². The van der Waals surface area contributed by atoms with E-state index < -0.39 is 30.0 Å². The SMILES string of the molecule is CC[Si](CC)(CC)[O][Zn][O]c1ccc(C(Cl)(Cl)Cl)cc1. The van der Waals surface area contributed by atoms with Crippen molar-refractivity contribution in [1.29, 1.82) is 0 Å². The molecule has 0 aliphatic rings. The second-order valence-electron chi connectivity index (χ2n) is 4.67. The number of hydrogen-bond acceptors (Lipinski definition) is 2. The van der Waals surface area contributed by atoms with Gasteiger partial charge >= 0.3 is 146 Å². The molecule has 1 aromatic rings. The van der Waals surface area contributed by atoms with Crippen molar-refractivity contribution in [3.63, 3.8) is 0 Å². The van der Waals surface area contributed by atoms with Crippen molar-refractivity contribution < 1.29 is 24.7 Å². The van der Waals surface area contributed by atoms with E-state index in [1.807, 2.05) is 12.1 Å². The third kappa shape index (κ3) is 5.47. The molecule has 110 valence electrons. The number of alkyl halides is 3. The molecule has 0 unspecified atom stereocenters. The molecule has 0 N–H and O–H groups in total. The van der Waals surface area contributed by atoms with Gasteiger partial charge in [-0.3, -0.25) is 0 Å². The third-order valence-corrected chi connectivity index (χ3v) is 14.5. The summed E-state index contributed by atoms with van der Waals surface area (Å²) in [7, 11) is -1.52. The minimum atomic E-state index is -1.52. The number of hydrogen-bond donors (Lipinski definition) is 0. The first-order chi connectivity index (χ1) is 9.37. The molecule has 0 atom stereocenters. The Bertz CT molecular complexity index is 397. The van der Waals surface area contributed by atoms with Crippen LogP contribution in [-0.2, 0) is 24.9 Å². The van der Waals surface area contributed by atoms with Gasteiger partial charge in [0.25, 0.3) is 0 Å². The summed E-state index contributed by atoms with van der Waals surface area (Å²) in [5.41, 5.74) is 0.641. The first-order valence-electron chi connectivity index (χ1n) is 6.81. The maximum absolute atomic E-state index is 6.20. The Morgan fingerprint density at radius 3 is 1.90 bits per heavy atom. The average Bonchev–Trinajstić information content (AvgIpc) is 2.44. The summed E-state index contributed by atoms with van der Waals surface area (Å²) in [6, 6.07) is 10.7. The molecule has 0 bridgehead atoms. The fourth-order valence-corrected chi connectivity index (χ4v) is 11.3. The fourth-order valence-electron chi connectivity index (χ4n) is 2.02. The third-order valence-electron chi connectivity index (χ3n) is 3.71. The molecule has 0 spiro atoms. The zero-order chi connectivity index (χ0) is 15.2. The quantitative estimate of drug-likeness (QED) is 0.419. The van der Waals surface area contributed by atoms with Crippen LogP contribution in [0.3, 0.4) is 0 Å². The second kappa shape index (κ2) is 8.36. The molecular formula is C13H19Cl3O2SiZn. The summed E-state index contributed by atoms with van der Waals surface area (Å²) in [6.07, 6.45) is 0. The minimum absolute atomic E-state index is 0.641. The number of rotatable bonds is 7. The van der Waals surface area contributed by atoms with Crippen LogP contribution in [0.25, 0.3) is 0 Å². The summed E-state index contributed by atoms with van der Waals surface area (Å²) in [5, 5.41) is 0. The number of halogens is 3. The summed E-state index contributed by atoms with van der Waals surface area (Å²) in [4.78, 5) is 0. The molecular weight excluding hydrogens is 388 g/mol. The zero-order valence-electron chi connectivity index (χ0n) is 12.1. The van der Waals surface area contributed by atoms with Gasteiger partial charge in [0.05, 0.1) is 0 Å². The van der Waals surface area contributed by atoms with Crippen molar-refractivity contribution in [3.05, 3.63) is 29.8 Å². The standard InChI is InChI=1S/C7H5Cl3O.C6H15OSi.Zn/c8-7(9,10)5-1-3-6(11)4-2-5;1-4-8(7,5-2)6-3;/h1-4,11H;4-6H2,1-3H3;/q;-1;+2/p-1. The molecule has 20 heavy (non-hydrogen) atoms. The van der Waals surface area contributed by atoms with Crippen molar-refractivity contribution in [1.82, 2.24) is 0 Å². The van der Waals surface area contributed by atoms with Gasteiger partial charge in [-0.15, -0.1) is 0 Å². The normalized spacial score (nSPS) is 12.1. The summed E-state index contributed by atoms with van der Waals surface area (Å²) in [5.74, 6) is 0.800. The molecule has 0 heterocycles. The van der Waals surface area contributed by atoms with E-state index in [9.17, 15) is 0 Å². The topological polar surface area (TPSA) is 18.5 Å². The summed E-state index contributed by atoms with van der Waals surface area (Å²) >= 11 is 16.0. The van der Waals surface area contributed by atoms with E-state index in [0.29, 0.717) is 5.56 Å². The first kappa shape index (κ1) is 18.7. The Morgan fingerprint density at radius 1 is 1.00 bits per heavy atom. The van der Waals surface area contributed by atoms with Crippen LogP contribution in [0, 0.1) is 0 Å². The molecule has 7 heteroatoms. The Labute approximate surface area is 145 Å². The van der Waals surface area contributed by atoms with E-state index in [0.717, 1.165) is 23.9 Å². The van der Waals surface area contributed by atoms with Crippen LogP contribution >= 0.6 is 34.8 Å². The molecule has 0 saturated heterocycles. The van der Waals surface area contributed by atoms with Gasteiger partial charge in [-0.2, -0.15) is 0 Å². The van der Waals surface area contributed by atoms with Crippen LogP contribution in [0.15, 0.2) is 24.3 Å². The second-order valence-corrected chi connectivity index (χ2v) is 14.6. The van der Waals surface area contributed by atoms with Crippen molar-refractivity contribution >= 4 is 43.1 Å².